The summed E-state index contributed by atoms with van der Waals surface area (Å²) in [7, 11) is 0. The lowest BCUT2D eigenvalue weighted by molar-refractivity contribution is -0.142. The van der Waals surface area contributed by atoms with Gasteiger partial charge in [-0.25, -0.2) is 9.78 Å². The molecule has 10 heteroatoms. The fraction of sp³-hybridized carbons (Fsp3) is 0.611. The number of hydrogen-bond acceptors (Lipinski definition) is 7. The van der Waals surface area contributed by atoms with Crippen LogP contribution in [0.3, 0.4) is 0 Å². The van der Waals surface area contributed by atoms with Crippen LogP contribution in [-0.4, -0.2) is 52.4 Å². The minimum atomic E-state index is -0.863. The lowest BCUT2D eigenvalue weighted by atomic mass is 9.77. The molecule has 3 rings (SSSR count). The molecule has 0 unspecified atom stereocenters. The van der Waals surface area contributed by atoms with Crippen LogP contribution in [0.5, 0.6) is 0 Å². The summed E-state index contributed by atoms with van der Waals surface area (Å²) in [5, 5.41) is 7.32. The monoisotopic (exact) mass is 408 g/mol. The van der Waals surface area contributed by atoms with Crippen molar-refractivity contribution in [3.8, 4) is 0 Å². The van der Waals surface area contributed by atoms with Crippen molar-refractivity contribution in [2.45, 2.75) is 51.5 Å². The van der Waals surface area contributed by atoms with E-state index in [1.165, 1.54) is 0 Å². The molecule has 1 spiro atoms. The quantitative estimate of drug-likeness (QED) is 0.546. The number of hydrogen-bond donors (Lipinski definition) is 2. The van der Waals surface area contributed by atoms with Crippen LogP contribution in [0.15, 0.2) is 5.38 Å². The molecule has 2 N–H and O–H groups in total. The highest BCUT2D eigenvalue weighted by atomic mass is 32.1. The Morgan fingerprint density at radius 1 is 1.39 bits per heavy atom. The van der Waals surface area contributed by atoms with Crippen LogP contribution < -0.4 is 10.6 Å². The predicted octanol–water partition coefficient (Wildman–Crippen LogP) is 1.69. The van der Waals surface area contributed by atoms with Crippen LogP contribution in [0.2, 0.25) is 0 Å². The van der Waals surface area contributed by atoms with Crippen molar-refractivity contribution in [2.75, 3.05) is 18.5 Å². The molecule has 9 nitrogen and oxygen atoms in total. The number of imide groups is 1. The molecule has 1 aliphatic heterocycles. The van der Waals surface area contributed by atoms with Gasteiger partial charge in [0.25, 0.3) is 5.91 Å². The van der Waals surface area contributed by atoms with Crippen LogP contribution >= 0.6 is 11.3 Å². The molecule has 28 heavy (non-hydrogen) atoms. The van der Waals surface area contributed by atoms with E-state index in [9.17, 15) is 19.2 Å². The number of esters is 1. The van der Waals surface area contributed by atoms with E-state index in [0.29, 0.717) is 36.2 Å². The van der Waals surface area contributed by atoms with E-state index in [0.717, 1.165) is 29.1 Å². The third kappa shape index (κ3) is 4.32. The minimum Gasteiger partial charge on any atom is -0.466 e. The lowest BCUT2D eigenvalue weighted by Gasteiger charge is -2.33. The van der Waals surface area contributed by atoms with E-state index in [1.807, 2.05) is 0 Å². The molecular weight excluding hydrogens is 384 g/mol. The number of rotatable bonds is 6. The number of nitrogens with one attached hydrogen (secondary N) is 2. The Bertz CT molecular complexity index is 785. The number of anilines is 1. The maximum atomic E-state index is 12.8. The van der Waals surface area contributed by atoms with E-state index in [1.54, 1.807) is 12.3 Å². The first kappa shape index (κ1) is 20.2. The number of amides is 4. The molecule has 1 aromatic rings. The zero-order valence-corrected chi connectivity index (χ0v) is 16.8. The zero-order valence-electron chi connectivity index (χ0n) is 15.9. The van der Waals surface area contributed by atoms with Crippen molar-refractivity contribution in [1.82, 2.24) is 15.2 Å². The highest BCUT2D eigenvalue weighted by Gasteiger charge is 2.52. The fourth-order valence-electron chi connectivity index (χ4n) is 3.52. The highest BCUT2D eigenvalue weighted by Crippen LogP contribution is 2.36. The van der Waals surface area contributed by atoms with Gasteiger partial charge in [-0.15, -0.1) is 11.3 Å². The first-order chi connectivity index (χ1) is 13.3. The van der Waals surface area contributed by atoms with E-state index in [4.69, 9.17) is 4.74 Å². The van der Waals surface area contributed by atoms with Crippen molar-refractivity contribution >= 4 is 40.3 Å². The van der Waals surface area contributed by atoms with E-state index in [-0.39, 0.29) is 18.9 Å². The van der Waals surface area contributed by atoms with Crippen molar-refractivity contribution in [3.05, 3.63) is 11.1 Å². The zero-order chi connectivity index (χ0) is 20.3. The number of nitrogens with zero attached hydrogens (tertiary/aromatic N) is 2. The summed E-state index contributed by atoms with van der Waals surface area (Å²) >= 11 is 1.16. The van der Waals surface area contributed by atoms with Crippen LogP contribution in [0, 0.1) is 5.92 Å². The summed E-state index contributed by atoms with van der Waals surface area (Å²) in [6, 6.07) is -0.531. The summed E-state index contributed by atoms with van der Waals surface area (Å²) in [4.78, 5) is 54.0. The molecular formula is C18H24N4O5S. The molecule has 0 bridgehead atoms. The lowest BCUT2D eigenvalue weighted by Crippen LogP contribution is -2.49. The average Bonchev–Trinajstić information content (AvgIpc) is 3.16. The van der Waals surface area contributed by atoms with Gasteiger partial charge in [0.05, 0.1) is 18.7 Å². The molecule has 0 atom stereocenters. The Morgan fingerprint density at radius 3 is 2.79 bits per heavy atom. The Morgan fingerprint density at radius 2 is 2.11 bits per heavy atom. The number of aromatic nitrogens is 1. The van der Waals surface area contributed by atoms with Gasteiger partial charge in [-0.2, -0.15) is 0 Å². The third-order valence-corrected chi connectivity index (χ3v) is 5.91. The summed E-state index contributed by atoms with van der Waals surface area (Å²) in [6.07, 6.45) is 2.96. The van der Waals surface area contributed by atoms with Gasteiger partial charge in [0.15, 0.2) is 5.13 Å². The van der Waals surface area contributed by atoms with Gasteiger partial charge in [0, 0.05) is 5.38 Å². The molecule has 0 radical (unpaired) electrons. The van der Waals surface area contributed by atoms with Crippen LogP contribution in [-0.2, 0) is 25.5 Å². The second kappa shape index (κ2) is 8.26. The van der Waals surface area contributed by atoms with Crippen molar-refractivity contribution < 1.29 is 23.9 Å². The fourth-order valence-corrected chi connectivity index (χ4v) is 4.25. The smallest absolute Gasteiger partial charge is 0.325 e. The molecule has 2 fully saturated rings. The van der Waals surface area contributed by atoms with Crippen LogP contribution in [0.4, 0.5) is 9.93 Å². The normalized spacial score (nSPS) is 24.4. The maximum Gasteiger partial charge on any atom is 0.325 e. The van der Waals surface area contributed by atoms with Crippen molar-refractivity contribution in [3.63, 3.8) is 0 Å². The van der Waals surface area contributed by atoms with Gasteiger partial charge < -0.3 is 15.4 Å². The van der Waals surface area contributed by atoms with Gasteiger partial charge >= 0.3 is 12.0 Å². The van der Waals surface area contributed by atoms with Gasteiger partial charge in [-0.05, 0) is 38.5 Å². The molecule has 2 aliphatic rings. The standard InChI is InChI=1S/C18H24N4O5S/c1-3-27-14(24)8-12-10-28-16(19-12)20-13(23)9-22-15(25)18(21-17(22)26)6-4-11(2)5-7-18/h10-11H,3-9H2,1-2H3,(H,21,26)(H,19,20,23). The second-order valence-electron chi connectivity index (χ2n) is 7.26. The van der Waals surface area contributed by atoms with E-state index >= 15 is 0 Å². The molecule has 1 saturated heterocycles. The van der Waals surface area contributed by atoms with Crippen molar-refractivity contribution in [1.29, 1.82) is 0 Å². The van der Waals surface area contributed by atoms with Crippen LogP contribution in [0.25, 0.3) is 0 Å². The predicted molar refractivity (Wildman–Crippen MR) is 102 cm³/mol. The highest BCUT2D eigenvalue weighted by molar-refractivity contribution is 7.13. The largest absolute Gasteiger partial charge is 0.466 e. The van der Waals surface area contributed by atoms with Gasteiger partial charge in [-0.1, -0.05) is 6.92 Å². The number of urea groups is 1. The van der Waals surface area contributed by atoms with E-state index in [2.05, 4.69) is 22.5 Å². The molecule has 1 saturated carbocycles. The summed E-state index contributed by atoms with van der Waals surface area (Å²) in [5.74, 6) is -0.707. The Kier molecular flexibility index (Phi) is 5.97. The average molecular weight is 408 g/mol. The Hall–Kier alpha value is -2.49. The van der Waals surface area contributed by atoms with Crippen molar-refractivity contribution in [2.24, 2.45) is 5.92 Å². The summed E-state index contributed by atoms with van der Waals surface area (Å²) < 4.78 is 4.86. The maximum absolute atomic E-state index is 12.8. The van der Waals surface area contributed by atoms with Gasteiger partial charge in [-0.3, -0.25) is 19.3 Å². The molecule has 1 aliphatic carbocycles. The Labute approximate surface area is 166 Å². The molecule has 152 valence electrons. The number of thiazole rings is 1. The molecule has 0 aromatic carbocycles. The van der Waals surface area contributed by atoms with E-state index < -0.39 is 23.4 Å². The number of ether oxygens (including phenoxy) is 1. The topological polar surface area (TPSA) is 118 Å². The Balaban J connectivity index is 1.56. The SMILES string of the molecule is CCOC(=O)Cc1csc(NC(=O)CN2C(=O)NC3(CCC(C)CC3)C2=O)n1. The second-order valence-corrected chi connectivity index (χ2v) is 8.12. The van der Waals surface area contributed by atoms with Gasteiger partial charge in [0.1, 0.15) is 12.1 Å². The van der Waals surface area contributed by atoms with Crippen LogP contribution in [0.1, 0.15) is 45.2 Å². The van der Waals surface area contributed by atoms with Gasteiger partial charge in [0.2, 0.25) is 5.91 Å². The number of carbonyl (C=O) groups is 4. The molecule has 2 heterocycles. The summed E-state index contributed by atoms with van der Waals surface area (Å²) in [5.41, 5.74) is -0.373. The summed E-state index contributed by atoms with van der Waals surface area (Å²) in [6.45, 7) is 3.77. The number of carbonyl (C=O) groups excluding carboxylic acids is 4. The minimum absolute atomic E-state index is 0.0220. The molecule has 4 amide bonds. The first-order valence-corrected chi connectivity index (χ1v) is 10.2. The first-order valence-electron chi connectivity index (χ1n) is 9.37. The third-order valence-electron chi connectivity index (χ3n) is 5.10. The molecule has 1 aromatic heterocycles.